The summed E-state index contributed by atoms with van der Waals surface area (Å²) in [5.74, 6) is 3.82. The van der Waals surface area contributed by atoms with Crippen molar-refractivity contribution >= 4 is 0 Å². The van der Waals surface area contributed by atoms with E-state index in [1.807, 2.05) is 0 Å². The Bertz CT molecular complexity index is 314. The molecule has 1 N–H and O–H groups in total. The molecule has 0 aromatic rings. The topological polar surface area (TPSA) is 12.0 Å². The lowest BCUT2D eigenvalue weighted by Gasteiger charge is -2.48. The molecule has 1 heteroatoms. The van der Waals surface area contributed by atoms with Gasteiger partial charge in [-0.15, -0.1) is 0 Å². The van der Waals surface area contributed by atoms with E-state index in [0.29, 0.717) is 5.92 Å². The van der Waals surface area contributed by atoms with Crippen LogP contribution in [0.2, 0.25) is 0 Å². The molecule has 0 aromatic carbocycles. The van der Waals surface area contributed by atoms with Gasteiger partial charge in [-0.25, -0.2) is 0 Å². The quantitative estimate of drug-likeness (QED) is 0.765. The first-order valence-electron chi connectivity index (χ1n) is 6.74. The van der Waals surface area contributed by atoms with Gasteiger partial charge < -0.3 is 5.32 Å². The van der Waals surface area contributed by atoms with Crippen molar-refractivity contribution in [3.63, 3.8) is 0 Å². The highest BCUT2D eigenvalue weighted by Crippen LogP contribution is 2.52. The van der Waals surface area contributed by atoms with Gasteiger partial charge >= 0.3 is 0 Å². The van der Waals surface area contributed by atoms with Gasteiger partial charge in [0.05, 0.1) is 0 Å². The molecule has 0 spiro atoms. The number of hydrogen-bond acceptors (Lipinski definition) is 1. The third-order valence-electron chi connectivity index (χ3n) is 4.48. The van der Waals surface area contributed by atoms with E-state index in [4.69, 9.17) is 0 Å². The molecule has 2 bridgehead atoms. The maximum atomic E-state index is 3.63. The van der Waals surface area contributed by atoms with Crippen molar-refractivity contribution in [1.29, 1.82) is 0 Å². The first-order valence-corrected chi connectivity index (χ1v) is 6.74. The predicted octanol–water partition coefficient (Wildman–Crippen LogP) is 3.59. The van der Waals surface area contributed by atoms with Crippen molar-refractivity contribution in [2.75, 3.05) is 6.54 Å². The van der Waals surface area contributed by atoms with Gasteiger partial charge in [-0.2, -0.15) is 0 Å². The van der Waals surface area contributed by atoms with E-state index in [1.54, 1.807) is 0 Å². The van der Waals surface area contributed by atoms with Gasteiger partial charge in [0, 0.05) is 18.2 Å². The average molecular weight is 219 g/mol. The van der Waals surface area contributed by atoms with Crippen LogP contribution in [0, 0.1) is 29.6 Å². The molecule has 0 radical (unpaired) electrons. The second kappa shape index (κ2) is 4.27. The van der Waals surface area contributed by atoms with E-state index in [2.05, 4.69) is 52.1 Å². The summed E-state index contributed by atoms with van der Waals surface area (Å²) in [5, 5.41) is 3.63. The zero-order valence-corrected chi connectivity index (χ0v) is 11.2. The molecule has 90 valence electrons. The van der Waals surface area contributed by atoms with Gasteiger partial charge in [0.2, 0.25) is 0 Å². The molecule has 0 heterocycles. The normalized spacial score (nSPS) is 37.4. The molecule has 3 aliphatic carbocycles. The predicted molar refractivity (Wildman–Crippen MR) is 70.0 cm³/mol. The molecule has 16 heavy (non-hydrogen) atoms. The summed E-state index contributed by atoms with van der Waals surface area (Å²) in [4.78, 5) is 0. The summed E-state index contributed by atoms with van der Waals surface area (Å²) < 4.78 is 0. The summed E-state index contributed by atoms with van der Waals surface area (Å²) >= 11 is 0. The third-order valence-corrected chi connectivity index (χ3v) is 4.48. The number of allylic oxidation sites excluding steroid dienone is 4. The molecule has 0 amide bonds. The van der Waals surface area contributed by atoms with E-state index in [1.165, 1.54) is 11.3 Å². The van der Waals surface area contributed by atoms with E-state index in [9.17, 15) is 0 Å². The minimum Gasteiger partial charge on any atom is -0.388 e. The second-order valence-corrected chi connectivity index (χ2v) is 5.73. The van der Waals surface area contributed by atoms with E-state index >= 15 is 0 Å². The van der Waals surface area contributed by atoms with Crippen molar-refractivity contribution in [1.82, 2.24) is 5.32 Å². The fourth-order valence-corrected chi connectivity index (χ4v) is 3.58. The van der Waals surface area contributed by atoms with Crippen molar-refractivity contribution in [3.8, 4) is 0 Å². The van der Waals surface area contributed by atoms with Gasteiger partial charge in [0.1, 0.15) is 0 Å². The molecule has 3 aliphatic rings. The van der Waals surface area contributed by atoms with Gasteiger partial charge in [-0.3, -0.25) is 0 Å². The van der Waals surface area contributed by atoms with Crippen LogP contribution in [0.4, 0.5) is 0 Å². The molecular formula is C15H25N. The van der Waals surface area contributed by atoms with Crippen LogP contribution in [-0.4, -0.2) is 6.54 Å². The molecule has 1 fully saturated rings. The van der Waals surface area contributed by atoms with Crippen LogP contribution in [0.5, 0.6) is 0 Å². The highest BCUT2D eigenvalue weighted by molar-refractivity contribution is 5.35. The van der Waals surface area contributed by atoms with Crippen LogP contribution in [0.15, 0.2) is 23.4 Å². The molecule has 4 atom stereocenters. The Morgan fingerprint density at radius 1 is 1.25 bits per heavy atom. The van der Waals surface area contributed by atoms with Gasteiger partial charge in [-0.1, -0.05) is 39.8 Å². The Kier molecular flexibility index (Phi) is 3.14. The monoisotopic (exact) mass is 219 g/mol. The molecule has 3 unspecified atom stereocenters. The fraction of sp³-hybridized carbons (Fsp3) is 0.733. The first-order chi connectivity index (χ1) is 7.57. The highest BCUT2D eigenvalue weighted by Gasteiger charge is 2.47. The van der Waals surface area contributed by atoms with Crippen molar-refractivity contribution in [2.24, 2.45) is 29.6 Å². The van der Waals surface area contributed by atoms with Gasteiger partial charge in [-0.05, 0) is 36.2 Å². The fourth-order valence-electron chi connectivity index (χ4n) is 3.58. The lowest BCUT2D eigenvalue weighted by Crippen LogP contribution is -2.45. The third kappa shape index (κ3) is 1.61. The SMILES string of the molecule is CCNC1=C(C(C)C)C=CC2C(C)C1[C@H]2C. The van der Waals surface area contributed by atoms with Crippen molar-refractivity contribution < 1.29 is 0 Å². The van der Waals surface area contributed by atoms with Crippen LogP contribution in [0.25, 0.3) is 0 Å². The number of nitrogens with one attached hydrogen (secondary N) is 1. The Morgan fingerprint density at radius 2 is 1.88 bits per heavy atom. The van der Waals surface area contributed by atoms with Crippen LogP contribution < -0.4 is 5.32 Å². The highest BCUT2D eigenvalue weighted by atomic mass is 14.9. The summed E-state index contributed by atoms with van der Waals surface area (Å²) in [6.07, 6.45) is 4.83. The summed E-state index contributed by atoms with van der Waals surface area (Å²) in [7, 11) is 0. The van der Waals surface area contributed by atoms with Crippen LogP contribution in [0.3, 0.4) is 0 Å². The number of fused-ring (bicyclic) bond motifs is 1. The Balaban J connectivity index is 2.38. The minimum atomic E-state index is 0.629. The molecule has 0 aliphatic heterocycles. The minimum absolute atomic E-state index is 0.629. The van der Waals surface area contributed by atoms with Crippen LogP contribution in [0.1, 0.15) is 34.6 Å². The van der Waals surface area contributed by atoms with Crippen LogP contribution >= 0.6 is 0 Å². The van der Waals surface area contributed by atoms with Gasteiger partial charge in [0.25, 0.3) is 0 Å². The summed E-state index contributed by atoms with van der Waals surface area (Å²) in [5.41, 5.74) is 3.06. The smallest absolute Gasteiger partial charge is 0.0179 e. The molecule has 1 saturated carbocycles. The van der Waals surface area contributed by atoms with Crippen LogP contribution in [-0.2, 0) is 0 Å². The van der Waals surface area contributed by atoms with E-state index in [0.717, 1.165) is 30.2 Å². The summed E-state index contributed by atoms with van der Waals surface area (Å²) in [6, 6.07) is 0. The standard InChI is InChI=1S/C15H25N/c1-6-16-15-12(9(2)3)7-8-13-10(4)14(15)11(13)5/h7-11,13-14,16H,6H2,1-5H3/t10-,11?,13?,14?/m0/s1. The molecule has 0 aromatic heterocycles. The second-order valence-electron chi connectivity index (χ2n) is 5.73. The Morgan fingerprint density at radius 3 is 2.38 bits per heavy atom. The zero-order chi connectivity index (χ0) is 11.9. The van der Waals surface area contributed by atoms with Crippen molar-refractivity contribution in [2.45, 2.75) is 34.6 Å². The Hall–Kier alpha value is -0.720. The largest absolute Gasteiger partial charge is 0.388 e. The molecular weight excluding hydrogens is 194 g/mol. The lowest BCUT2D eigenvalue weighted by atomic mass is 9.57. The lowest BCUT2D eigenvalue weighted by molar-refractivity contribution is 0.0622. The van der Waals surface area contributed by atoms with Crippen molar-refractivity contribution in [3.05, 3.63) is 23.4 Å². The summed E-state index contributed by atoms with van der Waals surface area (Å²) in [6.45, 7) is 12.6. The molecule has 1 nitrogen and oxygen atoms in total. The van der Waals surface area contributed by atoms with Gasteiger partial charge in [0.15, 0.2) is 0 Å². The zero-order valence-electron chi connectivity index (χ0n) is 11.2. The maximum Gasteiger partial charge on any atom is 0.0179 e. The Labute approximate surface area is 100 Å². The molecule has 3 rings (SSSR count). The average Bonchev–Trinajstić information content (AvgIpc) is 2.46. The molecule has 0 saturated heterocycles. The maximum absolute atomic E-state index is 3.63. The van der Waals surface area contributed by atoms with E-state index < -0.39 is 0 Å². The van der Waals surface area contributed by atoms with E-state index in [-0.39, 0.29) is 0 Å². The number of rotatable bonds is 3. The first kappa shape index (κ1) is 11.8. The number of hydrogen-bond donors (Lipinski definition) is 1.